The number of esters is 1. The molecule has 0 saturated heterocycles. The van der Waals surface area contributed by atoms with Crippen LogP contribution in [0.3, 0.4) is 0 Å². The molecule has 0 saturated carbocycles. The Morgan fingerprint density at radius 3 is 2.52 bits per heavy atom. The SMILES string of the molecule is COc1ccc(CNC(=O)COC(=O)c2ccc3noc(-c4ccccc4)c3c2)cc1. The summed E-state index contributed by atoms with van der Waals surface area (Å²) in [7, 11) is 1.59. The lowest BCUT2D eigenvalue weighted by Crippen LogP contribution is -2.28. The molecular weight excluding hydrogens is 396 g/mol. The molecule has 0 atom stereocenters. The quantitative estimate of drug-likeness (QED) is 0.459. The number of ether oxygens (including phenoxy) is 2. The van der Waals surface area contributed by atoms with Gasteiger partial charge in [-0.2, -0.15) is 0 Å². The van der Waals surface area contributed by atoms with Crippen LogP contribution in [0.4, 0.5) is 0 Å². The highest BCUT2D eigenvalue weighted by atomic mass is 16.5. The predicted octanol–water partition coefficient (Wildman–Crippen LogP) is 3.98. The van der Waals surface area contributed by atoms with Crippen molar-refractivity contribution in [3.63, 3.8) is 0 Å². The summed E-state index contributed by atoms with van der Waals surface area (Å²) >= 11 is 0. The largest absolute Gasteiger partial charge is 0.497 e. The van der Waals surface area contributed by atoms with Crippen LogP contribution in [0.25, 0.3) is 22.2 Å². The Morgan fingerprint density at radius 2 is 1.77 bits per heavy atom. The Balaban J connectivity index is 1.37. The fraction of sp³-hybridized carbons (Fsp3) is 0.125. The summed E-state index contributed by atoms with van der Waals surface area (Å²) in [5.74, 6) is 0.327. The van der Waals surface area contributed by atoms with Crippen molar-refractivity contribution in [1.29, 1.82) is 0 Å². The topological polar surface area (TPSA) is 90.7 Å². The fourth-order valence-electron chi connectivity index (χ4n) is 3.08. The number of hydrogen-bond donors (Lipinski definition) is 1. The molecule has 0 aliphatic carbocycles. The maximum atomic E-state index is 12.4. The Morgan fingerprint density at radius 1 is 1.00 bits per heavy atom. The zero-order valence-corrected chi connectivity index (χ0v) is 16.8. The van der Waals surface area contributed by atoms with Crippen LogP contribution in [-0.4, -0.2) is 30.7 Å². The van der Waals surface area contributed by atoms with Gasteiger partial charge in [-0.3, -0.25) is 4.79 Å². The van der Waals surface area contributed by atoms with Gasteiger partial charge in [0.1, 0.15) is 11.3 Å². The number of fused-ring (bicyclic) bond motifs is 1. The van der Waals surface area contributed by atoms with Crippen LogP contribution in [-0.2, 0) is 16.1 Å². The van der Waals surface area contributed by atoms with Gasteiger partial charge in [0.2, 0.25) is 0 Å². The third-order valence-corrected chi connectivity index (χ3v) is 4.73. The number of nitrogens with one attached hydrogen (secondary N) is 1. The highest BCUT2D eigenvalue weighted by Gasteiger charge is 2.15. The lowest BCUT2D eigenvalue weighted by Gasteiger charge is -2.07. The molecule has 1 N–H and O–H groups in total. The number of nitrogens with zero attached hydrogens (tertiary/aromatic N) is 1. The number of methoxy groups -OCH3 is 1. The van der Waals surface area contributed by atoms with E-state index in [4.69, 9.17) is 14.0 Å². The van der Waals surface area contributed by atoms with E-state index in [1.807, 2.05) is 54.6 Å². The predicted molar refractivity (Wildman–Crippen MR) is 115 cm³/mol. The van der Waals surface area contributed by atoms with Crippen molar-refractivity contribution in [3.8, 4) is 17.1 Å². The van der Waals surface area contributed by atoms with Gasteiger partial charge in [-0.15, -0.1) is 0 Å². The fourth-order valence-corrected chi connectivity index (χ4v) is 3.08. The van der Waals surface area contributed by atoms with E-state index in [1.54, 1.807) is 25.3 Å². The summed E-state index contributed by atoms with van der Waals surface area (Å²) in [6, 6.07) is 21.8. The molecule has 7 nitrogen and oxygen atoms in total. The molecule has 3 aromatic carbocycles. The minimum absolute atomic E-state index is 0.316. The first-order valence-electron chi connectivity index (χ1n) is 9.65. The monoisotopic (exact) mass is 416 g/mol. The van der Waals surface area contributed by atoms with Gasteiger partial charge in [0.05, 0.1) is 18.1 Å². The third-order valence-electron chi connectivity index (χ3n) is 4.73. The van der Waals surface area contributed by atoms with Crippen LogP contribution < -0.4 is 10.1 Å². The first-order chi connectivity index (χ1) is 15.1. The molecule has 1 amide bonds. The second kappa shape index (κ2) is 9.13. The van der Waals surface area contributed by atoms with Gasteiger partial charge in [-0.25, -0.2) is 4.79 Å². The van der Waals surface area contributed by atoms with Gasteiger partial charge in [-0.05, 0) is 35.9 Å². The number of hydrogen-bond acceptors (Lipinski definition) is 6. The van der Waals surface area contributed by atoms with Crippen molar-refractivity contribution in [1.82, 2.24) is 10.5 Å². The van der Waals surface area contributed by atoms with Gasteiger partial charge >= 0.3 is 5.97 Å². The number of carbonyl (C=O) groups is 2. The van der Waals surface area contributed by atoms with Crippen molar-refractivity contribution in [3.05, 3.63) is 83.9 Å². The van der Waals surface area contributed by atoms with E-state index in [0.29, 0.717) is 28.8 Å². The zero-order chi connectivity index (χ0) is 21.6. The van der Waals surface area contributed by atoms with Crippen LogP contribution in [0.15, 0.2) is 77.3 Å². The van der Waals surface area contributed by atoms with E-state index < -0.39 is 5.97 Å². The van der Waals surface area contributed by atoms with E-state index in [0.717, 1.165) is 16.9 Å². The van der Waals surface area contributed by atoms with Crippen LogP contribution >= 0.6 is 0 Å². The minimum atomic E-state index is -0.596. The van der Waals surface area contributed by atoms with Crippen molar-refractivity contribution in [2.45, 2.75) is 6.54 Å². The molecule has 31 heavy (non-hydrogen) atoms. The zero-order valence-electron chi connectivity index (χ0n) is 16.8. The molecule has 0 aliphatic heterocycles. The second-order valence-corrected chi connectivity index (χ2v) is 6.81. The van der Waals surface area contributed by atoms with Gasteiger partial charge in [0.25, 0.3) is 5.91 Å². The Labute approximate surface area is 178 Å². The number of carbonyl (C=O) groups excluding carboxylic acids is 2. The van der Waals surface area contributed by atoms with Crippen LogP contribution in [0.1, 0.15) is 15.9 Å². The van der Waals surface area contributed by atoms with Crippen LogP contribution in [0.5, 0.6) is 5.75 Å². The lowest BCUT2D eigenvalue weighted by molar-refractivity contribution is -0.124. The van der Waals surface area contributed by atoms with Gasteiger partial charge < -0.3 is 19.3 Å². The molecule has 1 aromatic heterocycles. The summed E-state index contributed by atoms with van der Waals surface area (Å²) in [5, 5.41) is 7.45. The van der Waals surface area contributed by atoms with E-state index in [-0.39, 0.29) is 12.5 Å². The van der Waals surface area contributed by atoms with E-state index in [2.05, 4.69) is 10.5 Å². The molecule has 0 radical (unpaired) electrons. The second-order valence-electron chi connectivity index (χ2n) is 6.81. The Kier molecular flexibility index (Phi) is 5.93. The van der Waals surface area contributed by atoms with Gasteiger partial charge in [0, 0.05) is 12.1 Å². The maximum Gasteiger partial charge on any atom is 0.338 e. The molecule has 0 fully saturated rings. The lowest BCUT2D eigenvalue weighted by atomic mass is 10.1. The number of benzene rings is 3. The smallest absolute Gasteiger partial charge is 0.338 e. The summed E-state index contributed by atoms with van der Waals surface area (Å²) in [4.78, 5) is 24.5. The van der Waals surface area contributed by atoms with E-state index in [9.17, 15) is 9.59 Å². The van der Waals surface area contributed by atoms with Crippen LogP contribution in [0.2, 0.25) is 0 Å². The highest BCUT2D eigenvalue weighted by molar-refractivity contribution is 5.99. The average Bonchev–Trinajstić information content (AvgIpc) is 3.25. The normalized spacial score (nSPS) is 10.6. The molecule has 0 unspecified atom stereocenters. The Hall–Kier alpha value is -4.13. The minimum Gasteiger partial charge on any atom is -0.497 e. The van der Waals surface area contributed by atoms with Gasteiger partial charge in [0.15, 0.2) is 12.4 Å². The summed E-state index contributed by atoms with van der Waals surface area (Å²) in [5.41, 5.74) is 2.71. The number of amides is 1. The number of rotatable bonds is 7. The molecule has 0 spiro atoms. The average molecular weight is 416 g/mol. The molecule has 0 aliphatic rings. The summed E-state index contributed by atoms with van der Waals surface area (Å²) < 4.78 is 15.7. The van der Waals surface area contributed by atoms with Crippen LogP contribution in [0, 0.1) is 0 Å². The molecule has 7 heteroatoms. The first-order valence-corrected chi connectivity index (χ1v) is 9.65. The van der Waals surface area contributed by atoms with Crippen molar-refractivity contribution < 1.29 is 23.6 Å². The maximum absolute atomic E-state index is 12.4. The molecule has 0 bridgehead atoms. The molecule has 4 aromatic rings. The molecule has 4 rings (SSSR count). The summed E-state index contributed by atoms with van der Waals surface area (Å²) in [6.45, 7) is -0.0460. The summed E-state index contributed by atoms with van der Waals surface area (Å²) in [6.07, 6.45) is 0. The standard InChI is InChI=1S/C24H20N2O5/c1-29-19-10-7-16(8-11-19)14-25-22(27)15-30-24(28)18-9-12-21-20(13-18)23(31-26-21)17-5-3-2-4-6-17/h2-13H,14-15H2,1H3,(H,25,27). The third kappa shape index (κ3) is 4.72. The first kappa shape index (κ1) is 20.2. The van der Waals surface area contributed by atoms with E-state index in [1.165, 1.54) is 0 Å². The number of aromatic nitrogens is 1. The molecular formula is C24H20N2O5. The molecule has 156 valence electrons. The molecule has 1 heterocycles. The van der Waals surface area contributed by atoms with Gasteiger partial charge in [-0.1, -0.05) is 47.6 Å². The van der Waals surface area contributed by atoms with E-state index >= 15 is 0 Å². The Bertz CT molecular complexity index is 1200. The highest BCUT2D eigenvalue weighted by Crippen LogP contribution is 2.29. The van der Waals surface area contributed by atoms with Crippen molar-refractivity contribution in [2.24, 2.45) is 0 Å². The van der Waals surface area contributed by atoms with Crippen molar-refractivity contribution >= 4 is 22.8 Å². The van der Waals surface area contributed by atoms with Crippen molar-refractivity contribution in [2.75, 3.05) is 13.7 Å².